The second kappa shape index (κ2) is 5.42. The third-order valence-corrected chi connectivity index (χ3v) is 2.19. The Morgan fingerprint density at radius 1 is 1.69 bits per heavy atom. The molecule has 1 atom stereocenters. The molecule has 1 aromatic rings. The van der Waals surface area contributed by atoms with E-state index in [1.807, 2.05) is 0 Å². The van der Waals surface area contributed by atoms with Gasteiger partial charge in [0.2, 0.25) is 0 Å². The van der Waals surface area contributed by atoms with Gasteiger partial charge in [0, 0.05) is 5.56 Å². The van der Waals surface area contributed by atoms with E-state index in [1.165, 1.54) is 19.2 Å². The number of hydrogen-bond donors (Lipinski definition) is 1. The molecule has 0 amide bonds. The predicted octanol–water partition coefficient (Wildman–Crippen LogP) is 1.92. The van der Waals surface area contributed by atoms with Crippen LogP contribution in [-0.4, -0.2) is 18.9 Å². The molecule has 0 saturated heterocycles. The van der Waals surface area contributed by atoms with Gasteiger partial charge >= 0.3 is 0 Å². The van der Waals surface area contributed by atoms with Gasteiger partial charge in [0.05, 0.1) is 13.2 Å². The fourth-order valence-corrected chi connectivity index (χ4v) is 1.32. The Hall–Kier alpha value is -1.68. The predicted molar refractivity (Wildman–Crippen MR) is 60.1 cm³/mol. The van der Waals surface area contributed by atoms with Gasteiger partial charge in [-0.15, -0.1) is 6.58 Å². The average molecular weight is 223 g/mol. The van der Waals surface area contributed by atoms with E-state index in [9.17, 15) is 9.18 Å². The third kappa shape index (κ3) is 2.67. The van der Waals surface area contributed by atoms with E-state index in [4.69, 9.17) is 10.5 Å². The zero-order valence-electron chi connectivity index (χ0n) is 9.07. The van der Waals surface area contributed by atoms with Crippen molar-refractivity contribution in [1.82, 2.24) is 0 Å². The lowest BCUT2D eigenvalue weighted by molar-refractivity contribution is 0.0961. The van der Waals surface area contributed by atoms with Crippen LogP contribution in [0.4, 0.5) is 4.39 Å². The first-order chi connectivity index (χ1) is 7.60. The highest BCUT2D eigenvalue weighted by Crippen LogP contribution is 2.18. The summed E-state index contributed by atoms with van der Waals surface area (Å²) in [7, 11) is 1.36. The van der Waals surface area contributed by atoms with Crippen LogP contribution in [0, 0.1) is 5.82 Å². The van der Waals surface area contributed by atoms with Crippen molar-refractivity contribution >= 4 is 5.78 Å². The number of rotatable bonds is 5. The van der Waals surface area contributed by atoms with Crippen molar-refractivity contribution < 1.29 is 13.9 Å². The third-order valence-electron chi connectivity index (χ3n) is 2.19. The second-order valence-corrected chi connectivity index (χ2v) is 3.34. The van der Waals surface area contributed by atoms with Crippen molar-refractivity contribution in [1.29, 1.82) is 0 Å². The molecule has 0 heterocycles. The fourth-order valence-electron chi connectivity index (χ4n) is 1.32. The molecule has 1 unspecified atom stereocenters. The maximum atomic E-state index is 13.3. The second-order valence-electron chi connectivity index (χ2n) is 3.34. The summed E-state index contributed by atoms with van der Waals surface area (Å²) >= 11 is 0. The Morgan fingerprint density at radius 2 is 2.38 bits per heavy atom. The monoisotopic (exact) mass is 223 g/mol. The van der Waals surface area contributed by atoms with Crippen molar-refractivity contribution in [3.63, 3.8) is 0 Å². The summed E-state index contributed by atoms with van der Waals surface area (Å²) < 4.78 is 18.1. The molecule has 0 spiro atoms. The zero-order chi connectivity index (χ0) is 12.1. The van der Waals surface area contributed by atoms with Gasteiger partial charge in [-0.2, -0.15) is 0 Å². The molecule has 0 aromatic heterocycles. The fraction of sp³-hybridized carbons (Fsp3) is 0.250. The number of carbonyl (C=O) groups is 1. The van der Waals surface area contributed by atoms with E-state index >= 15 is 0 Å². The van der Waals surface area contributed by atoms with Gasteiger partial charge in [-0.25, -0.2) is 4.39 Å². The van der Waals surface area contributed by atoms with Gasteiger partial charge in [0.15, 0.2) is 17.3 Å². The molecule has 0 radical (unpaired) electrons. The topological polar surface area (TPSA) is 52.3 Å². The zero-order valence-corrected chi connectivity index (χ0v) is 9.07. The highest BCUT2D eigenvalue weighted by molar-refractivity contribution is 6.00. The van der Waals surface area contributed by atoms with Gasteiger partial charge in [0.25, 0.3) is 0 Å². The first-order valence-corrected chi connectivity index (χ1v) is 4.84. The molecular weight excluding hydrogens is 209 g/mol. The van der Waals surface area contributed by atoms with E-state index in [0.29, 0.717) is 6.42 Å². The number of methoxy groups -OCH3 is 1. The van der Waals surface area contributed by atoms with Crippen LogP contribution in [0.5, 0.6) is 5.75 Å². The van der Waals surface area contributed by atoms with Crippen LogP contribution in [0.3, 0.4) is 0 Å². The molecule has 86 valence electrons. The summed E-state index contributed by atoms with van der Waals surface area (Å²) in [6, 6.07) is 3.35. The van der Waals surface area contributed by atoms with Crippen LogP contribution < -0.4 is 10.5 Å². The molecule has 4 heteroatoms. The van der Waals surface area contributed by atoms with E-state index in [0.717, 1.165) is 6.07 Å². The van der Waals surface area contributed by atoms with Crippen LogP contribution in [0.25, 0.3) is 0 Å². The maximum Gasteiger partial charge on any atom is 0.179 e. The highest BCUT2D eigenvalue weighted by atomic mass is 19.1. The van der Waals surface area contributed by atoms with Crippen molar-refractivity contribution in [2.24, 2.45) is 5.73 Å². The lowest BCUT2D eigenvalue weighted by atomic mass is 10.0. The Balaban J connectivity index is 2.92. The van der Waals surface area contributed by atoms with Crippen LogP contribution in [0.1, 0.15) is 16.8 Å². The molecule has 0 bridgehead atoms. The Labute approximate surface area is 93.7 Å². The first kappa shape index (κ1) is 12.4. The van der Waals surface area contributed by atoms with Crippen LogP contribution >= 0.6 is 0 Å². The molecule has 0 saturated carbocycles. The molecule has 16 heavy (non-hydrogen) atoms. The summed E-state index contributed by atoms with van der Waals surface area (Å²) in [5.74, 6) is -0.769. The number of Topliss-reactive ketones (excluding diaryl/α,β-unsaturated/α-hetero) is 1. The lowest BCUT2D eigenvalue weighted by Gasteiger charge is -2.09. The molecule has 3 nitrogen and oxygen atoms in total. The number of halogens is 1. The minimum atomic E-state index is -0.676. The minimum Gasteiger partial charge on any atom is -0.494 e. The van der Waals surface area contributed by atoms with Crippen LogP contribution in [-0.2, 0) is 0 Å². The Bertz CT molecular complexity index is 404. The van der Waals surface area contributed by atoms with E-state index in [2.05, 4.69) is 6.58 Å². The molecule has 2 N–H and O–H groups in total. The normalized spacial score (nSPS) is 11.9. The summed E-state index contributed by atoms with van der Waals surface area (Å²) in [6.07, 6.45) is 1.93. The van der Waals surface area contributed by atoms with Gasteiger partial charge in [-0.05, 0) is 24.6 Å². The molecule has 0 aliphatic heterocycles. The summed E-state index contributed by atoms with van der Waals surface area (Å²) in [4.78, 5) is 11.7. The Kier molecular flexibility index (Phi) is 4.19. The Morgan fingerprint density at radius 3 is 2.88 bits per heavy atom. The summed E-state index contributed by atoms with van der Waals surface area (Å²) in [5.41, 5.74) is 5.85. The summed E-state index contributed by atoms with van der Waals surface area (Å²) in [5, 5.41) is 0. The first-order valence-electron chi connectivity index (χ1n) is 4.84. The SMILES string of the molecule is C=CCC(N)C(=O)c1ccc(OC)c(F)c1. The van der Waals surface area contributed by atoms with Gasteiger partial charge in [-0.1, -0.05) is 6.08 Å². The van der Waals surface area contributed by atoms with E-state index in [-0.39, 0.29) is 17.1 Å². The molecular formula is C12H14FNO2. The number of carbonyl (C=O) groups excluding carboxylic acids is 1. The number of hydrogen-bond acceptors (Lipinski definition) is 3. The smallest absolute Gasteiger partial charge is 0.179 e. The van der Waals surface area contributed by atoms with Crippen molar-refractivity contribution in [2.75, 3.05) is 7.11 Å². The van der Waals surface area contributed by atoms with Crippen LogP contribution in [0.15, 0.2) is 30.9 Å². The molecule has 0 aliphatic carbocycles. The number of benzene rings is 1. The number of ketones is 1. The van der Waals surface area contributed by atoms with Crippen LogP contribution in [0.2, 0.25) is 0 Å². The van der Waals surface area contributed by atoms with Crippen molar-refractivity contribution in [3.8, 4) is 5.75 Å². The molecule has 1 aromatic carbocycles. The van der Waals surface area contributed by atoms with E-state index < -0.39 is 11.9 Å². The quantitative estimate of drug-likeness (QED) is 0.613. The minimum absolute atomic E-state index is 0.105. The molecule has 1 rings (SSSR count). The standard InChI is InChI=1S/C12H14FNO2/c1-3-4-10(14)12(15)8-5-6-11(16-2)9(13)7-8/h3,5-7,10H,1,4,14H2,2H3. The summed E-state index contributed by atoms with van der Waals surface area (Å²) in [6.45, 7) is 3.50. The molecule has 0 aliphatic rings. The highest BCUT2D eigenvalue weighted by Gasteiger charge is 2.16. The average Bonchev–Trinajstić information content (AvgIpc) is 2.28. The van der Waals surface area contributed by atoms with Gasteiger partial charge in [-0.3, -0.25) is 4.79 Å². The van der Waals surface area contributed by atoms with Gasteiger partial charge in [0.1, 0.15) is 0 Å². The van der Waals surface area contributed by atoms with E-state index in [1.54, 1.807) is 6.08 Å². The lowest BCUT2D eigenvalue weighted by Crippen LogP contribution is -2.29. The number of ether oxygens (including phenoxy) is 1. The van der Waals surface area contributed by atoms with Crippen molar-refractivity contribution in [3.05, 3.63) is 42.2 Å². The maximum absolute atomic E-state index is 13.3. The van der Waals surface area contributed by atoms with Gasteiger partial charge < -0.3 is 10.5 Å². The van der Waals surface area contributed by atoms with Crippen molar-refractivity contribution in [2.45, 2.75) is 12.5 Å². The molecule has 0 fully saturated rings. The largest absolute Gasteiger partial charge is 0.494 e. The number of nitrogens with two attached hydrogens (primary N) is 1.